The number of fused-ring (bicyclic) bond motifs is 1. The average molecular weight is 419 g/mol. The summed E-state index contributed by atoms with van der Waals surface area (Å²) in [6.07, 6.45) is 1.49. The van der Waals surface area contributed by atoms with E-state index in [0.717, 1.165) is 41.5 Å². The Morgan fingerprint density at radius 3 is 2.59 bits per heavy atom. The van der Waals surface area contributed by atoms with Crippen LogP contribution in [0.2, 0.25) is 0 Å². The van der Waals surface area contributed by atoms with Gasteiger partial charge in [0.1, 0.15) is 5.82 Å². The summed E-state index contributed by atoms with van der Waals surface area (Å²) in [6, 6.07) is 10.8. The number of hydrogen-bond donors (Lipinski definition) is 0. The van der Waals surface area contributed by atoms with Crippen LogP contribution in [0.25, 0.3) is 11.0 Å². The van der Waals surface area contributed by atoms with E-state index >= 15 is 0 Å². The molecular formula is C21H23F2N3O2S. The third kappa shape index (κ3) is 3.55. The van der Waals surface area contributed by atoms with Crippen LogP contribution in [0.5, 0.6) is 0 Å². The van der Waals surface area contributed by atoms with Gasteiger partial charge in [0, 0.05) is 25.0 Å². The second kappa shape index (κ2) is 7.50. The molecule has 1 atom stereocenters. The van der Waals surface area contributed by atoms with Crippen LogP contribution in [0.15, 0.2) is 47.4 Å². The van der Waals surface area contributed by atoms with Gasteiger partial charge in [-0.25, -0.2) is 22.2 Å². The van der Waals surface area contributed by atoms with Gasteiger partial charge in [0.05, 0.1) is 15.9 Å². The molecule has 4 rings (SSSR count). The van der Waals surface area contributed by atoms with Gasteiger partial charge < -0.3 is 4.57 Å². The van der Waals surface area contributed by atoms with E-state index in [1.165, 1.54) is 4.31 Å². The Kier molecular flexibility index (Phi) is 5.16. The maximum atomic E-state index is 13.6. The van der Waals surface area contributed by atoms with E-state index in [0.29, 0.717) is 13.0 Å². The van der Waals surface area contributed by atoms with Gasteiger partial charge in [0.15, 0.2) is 11.6 Å². The van der Waals surface area contributed by atoms with Crippen LogP contribution in [-0.4, -0.2) is 35.4 Å². The number of imidazole rings is 1. The van der Waals surface area contributed by atoms with Crippen molar-refractivity contribution in [3.05, 3.63) is 59.9 Å². The summed E-state index contributed by atoms with van der Waals surface area (Å²) >= 11 is 0. The van der Waals surface area contributed by atoms with Crippen LogP contribution in [0.3, 0.4) is 0 Å². The monoisotopic (exact) mass is 419 g/mol. The number of para-hydroxylation sites is 2. The van der Waals surface area contributed by atoms with Crippen molar-refractivity contribution in [2.45, 2.75) is 43.5 Å². The molecule has 0 amide bonds. The minimum atomic E-state index is -3.92. The number of nitrogens with zero attached hydrogens (tertiary/aromatic N) is 3. The maximum Gasteiger partial charge on any atom is 0.243 e. The quantitative estimate of drug-likeness (QED) is 0.627. The van der Waals surface area contributed by atoms with Crippen LogP contribution >= 0.6 is 0 Å². The first-order valence-electron chi connectivity index (χ1n) is 9.71. The van der Waals surface area contributed by atoms with Crippen molar-refractivity contribution in [3.8, 4) is 0 Å². The fourth-order valence-corrected chi connectivity index (χ4v) is 5.59. The van der Waals surface area contributed by atoms with Crippen LogP contribution in [0, 0.1) is 11.6 Å². The Morgan fingerprint density at radius 1 is 1.10 bits per heavy atom. The lowest BCUT2D eigenvalue weighted by Gasteiger charge is -2.32. The highest BCUT2D eigenvalue weighted by Gasteiger charge is 2.34. The highest BCUT2D eigenvalue weighted by molar-refractivity contribution is 7.89. The Hall–Kier alpha value is -2.32. The van der Waals surface area contributed by atoms with E-state index in [2.05, 4.69) is 18.4 Å². The molecule has 1 aromatic heterocycles. The molecule has 2 aromatic carbocycles. The molecule has 0 unspecified atom stereocenters. The van der Waals surface area contributed by atoms with E-state index < -0.39 is 21.7 Å². The maximum absolute atomic E-state index is 13.6. The van der Waals surface area contributed by atoms with Gasteiger partial charge in [-0.3, -0.25) is 0 Å². The van der Waals surface area contributed by atoms with Crippen molar-refractivity contribution in [2.24, 2.45) is 0 Å². The number of halogens is 2. The summed E-state index contributed by atoms with van der Waals surface area (Å²) in [5, 5.41) is 0. The van der Waals surface area contributed by atoms with Crippen molar-refractivity contribution in [3.63, 3.8) is 0 Å². The normalized spacial score (nSPS) is 18.6. The molecule has 1 aliphatic rings. The van der Waals surface area contributed by atoms with Gasteiger partial charge in [-0.15, -0.1) is 0 Å². The number of piperidine rings is 1. The third-order valence-electron chi connectivity index (χ3n) is 5.42. The standard InChI is InChI=1S/C21H23F2N3O2S/c1-14(2)26-20-8-4-3-7-19(20)24-21(26)15-6-5-11-25(13-15)29(27,28)16-9-10-17(22)18(23)12-16/h3-4,7-10,12,14-15H,5-6,11,13H2,1-2H3/t15-/m1/s1. The van der Waals surface area contributed by atoms with Crippen molar-refractivity contribution in [2.75, 3.05) is 13.1 Å². The zero-order chi connectivity index (χ0) is 20.8. The molecule has 0 saturated carbocycles. The molecule has 0 N–H and O–H groups in total. The van der Waals surface area contributed by atoms with Crippen LogP contribution in [-0.2, 0) is 10.0 Å². The summed E-state index contributed by atoms with van der Waals surface area (Å²) in [4.78, 5) is 4.58. The van der Waals surface area contributed by atoms with Crippen molar-refractivity contribution in [1.29, 1.82) is 0 Å². The molecule has 0 spiro atoms. The molecule has 154 valence electrons. The van der Waals surface area contributed by atoms with E-state index in [1.807, 2.05) is 24.3 Å². The predicted molar refractivity (Wildman–Crippen MR) is 107 cm³/mol. The van der Waals surface area contributed by atoms with E-state index in [1.54, 1.807) is 0 Å². The highest BCUT2D eigenvalue weighted by Crippen LogP contribution is 2.33. The molecule has 5 nitrogen and oxygen atoms in total. The van der Waals surface area contributed by atoms with Crippen LogP contribution in [0.1, 0.15) is 44.5 Å². The molecule has 2 heterocycles. The number of hydrogen-bond acceptors (Lipinski definition) is 3. The van der Waals surface area contributed by atoms with Crippen LogP contribution in [0.4, 0.5) is 8.78 Å². The second-order valence-corrected chi connectivity index (χ2v) is 9.64. The number of aromatic nitrogens is 2. The Balaban J connectivity index is 1.69. The first kappa shape index (κ1) is 20.0. The van der Waals surface area contributed by atoms with Gasteiger partial charge in [-0.2, -0.15) is 4.31 Å². The minimum absolute atomic E-state index is 0.0707. The van der Waals surface area contributed by atoms with E-state index in [-0.39, 0.29) is 23.4 Å². The number of benzene rings is 2. The van der Waals surface area contributed by atoms with E-state index in [4.69, 9.17) is 4.98 Å². The highest BCUT2D eigenvalue weighted by atomic mass is 32.2. The Bertz CT molecular complexity index is 1160. The minimum Gasteiger partial charge on any atom is -0.325 e. The SMILES string of the molecule is CC(C)n1c([C@@H]2CCCN(S(=O)(=O)c3ccc(F)c(F)c3)C2)nc2ccccc21. The average Bonchev–Trinajstić information content (AvgIpc) is 3.10. The van der Waals surface area contributed by atoms with Crippen LogP contribution < -0.4 is 0 Å². The van der Waals surface area contributed by atoms with Gasteiger partial charge >= 0.3 is 0 Å². The molecule has 3 aromatic rings. The van der Waals surface area contributed by atoms with E-state index in [9.17, 15) is 17.2 Å². The molecule has 1 fully saturated rings. The zero-order valence-electron chi connectivity index (χ0n) is 16.3. The smallest absolute Gasteiger partial charge is 0.243 e. The summed E-state index contributed by atoms with van der Waals surface area (Å²) in [6.45, 7) is 4.77. The summed E-state index contributed by atoms with van der Waals surface area (Å²) < 4.78 is 56.4. The lowest BCUT2D eigenvalue weighted by molar-refractivity contribution is 0.303. The second-order valence-electron chi connectivity index (χ2n) is 7.70. The van der Waals surface area contributed by atoms with Crippen molar-refractivity contribution < 1.29 is 17.2 Å². The van der Waals surface area contributed by atoms with Gasteiger partial charge in [0.25, 0.3) is 0 Å². The van der Waals surface area contributed by atoms with Gasteiger partial charge in [0.2, 0.25) is 10.0 Å². The molecule has 8 heteroatoms. The lowest BCUT2D eigenvalue weighted by Crippen LogP contribution is -2.39. The third-order valence-corrected chi connectivity index (χ3v) is 7.28. The largest absolute Gasteiger partial charge is 0.325 e. The molecule has 0 radical (unpaired) electrons. The predicted octanol–water partition coefficient (Wildman–Crippen LogP) is 4.46. The fraction of sp³-hybridized carbons (Fsp3) is 0.381. The number of sulfonamides is 1. The molecule has 0 bridgehead atoms. The molecule has 29 heavy (non-hydrogen) atoms. The van der Waals surface area contributed by atoms with Crippen molar-refractivity contribution in [1.82, 2.24) is 13.9 Å². The molecule has 1 aliphatic heterocycles. The summed E-state index contributed by atoms with van der Waals surface area (Å²) in [5.74, 6) is -1.43. The zero-order valence-corrected chi connectivity index (χ0v) is 17.2. The molecule has 0 aliphatic carbocycles. The van der Waals surface area contributed by atoms with Gasteiger partial charge in [-0.05, 0) is 57.0 Å². The first-order chi connectivity index (χ1) is 13.8. The van der Waals surface area contributed by atoms with Gasteiger partial charge in [-0.1, -0.05) is 12.1 Å². The Labute approximate surface area is 169 Å². The molecular weight excluding hydrogens is 396 g/mol. The number of rotatable bonds is 4. The summed E-state index contributed by atoms with van der Waals surface area (Å²) in [5.41, 5.74) is 1.91. The Morgan fingerprint density at radius 2 is 1.86 bits per heavy atom. The topological polar surface area (TPSA) is 55.2 Å². The fourth-order valence-electron chi connectivity index (χ4n) is 4.05. The van der Waals surface area contributed by atoms with Crippen molar-refractivity contribution >= 4 is 21.1 Å². The first-order valence-corrected chi connectivity index (χ1v) is 11.1. The summed E-state index contributed by atoms with van der Waals surface area (Å²) in [7, 11) is -3.92. The lowest BCUT2D eigenvalue weighted by atomic mass is 9.98. The molecule has 1 saturated heterocycles.